The Hall–Kier alpha value is -4.90. The summed E-state index contributed by atoms with van der Waals surface area (Å²) >= 11 is 3.98. The van der Waals surface area contributed by atoms with Crippen molar-refractivity contribution in [3.05, 3.63) is 158 Å². The zero-order valence-corrected chi connectivity index (χ0v) is 26.5. The van der Waals surface area contributed by atoms with Gasteiger partial charge in [0, 0.05) is 26.3 Å². The van der Waals surface area contributed by atoms with Crippen LogP contribution in [0, 0.1) is 0 Å². The van der Waals surface area contributed by atoms with Crippen molar-refractivity contribution < 1.29 is 0 Å². The molecule has 0 unspecified atom stereocenters. The third kappa shape index (κ3) is 4.00. The number of aromatic nitrogens is 1. The van der Waals surface area contributed by atoms with E-state index < -0.39 is 0 Å². The Morgan fingerprint density at radius 1 is 0.391 bits per heavy atom. The maximum absolute atomic E-state index is 2.49. The molecule has 1 nitrogen and oxygen atoms in total. The van der Waals surface area contributed by atoms with Gasteiger partial charge in [-0.15, -0.1) is 0 Å². The quantitative estimate of drug-likeness (QED) is 0.181. The molecule has 7 aromatic carbocycles. The van der Waals surface area contributed by atoms with Gasteiger partial charge in [-0.05, 0) is 98.5 Å². The van der Waals surface area contributed by atoms with Crippen LogP contribution in [0.1, 0.15) is 0 Å². The first-order valence-corrected chi connectivity index (χ1v) is 17.5. The molecule has 0 saturated heterocycles. The van der Waals surface area contributed by atoms with Gasteiger partial charge in [-0.1, -0.05) is 109 Å². The molecule has 3 heterocycles. The molecule has 2 aliphatic heterocycles. The highest BCUT2D eigenvalue weighted by atomic mass is 32.2. The summed E-state index contributed by atoms with van der Waals surface area (Å²) in [5.41, 5.74) is 15.4. The average Bonchev–Trinajstić information content (AvgIpc) is 3.45. The molecule has 0 radical (unpaired) electrons. The lowest BCUT2D eigenvalue weighted by molar-refractivity contribution is 1.18. The molecule has 0 bridgehead atoms. The van der Waals surface area contributed by atoms with Gasteiger partial charge in [-0.25, -0.2) is 0 Å². The fourth-order valence-corrected chi connectivity index (χ4v) is 10.3. The average molecular weight is 620 g/mol. The van der Waals surface area contributed by atoms with Crippen molar-refractivity contribution in [2.45, 2.75) is 9.79 Å². The van der Waals surface area contributed by atoms with E-state index in [0.717, 1.165) is 0 Å². The molecule has 0 atom stereocenters. The van der Waals surface area contributed by atoms with E-state index in [1.807, 2.05) is 23.2 Å². The number of fused-ring (bicyclic) bond motifs is 7. The molecule has 0 spiro atoms. The number of nitrogens with zero attached hydrogens (tertiary/aromatic N) is 1. The van der Waals surface area contributed by atoms with Crippen LogP contribution in [0.3, 0.4) is 0 Å². The lowest BCUT2D eigenvalue weighted by atomic mass is 9.77. The minimum absolute atomic E-state index is 0.337. The van der Waals surface area contributed by atoms with Gasteiger partial charge in [0.1, 0.15) is 0 Å². The van der Waals surface area contributed by atoms with E-state index in [-0.39, 0.29) is 0 Å². The van der Waals surface area contributed by atoms with Gasteiger partial charge in [-0.2, -0.15) is 23.2 Å². The van der Waals surface area contributed by atoms with Crippen molar-refractivity contribution >= 4 is 55.8 Å². The summed E-state index contributed by atoms with van der Waals surface area (Å²) < 4.78 is 2.49. The molecule has 10 rings (SSSR count). The maximum Gasteiger partial charge on any atom is 0.318 e. The molecule has 2 aliphatic rings. The second-order valence-electron chi connectivity index (χ2n) is 12.0. The van der Waals surface area contributed by atoms with Crippen LogP contribution in [0.15, 0.2) is 168 Å². The van der Waals surface area contributed by atoms with E-state index in [9.17, 15) is 0 Å². The van der Waals surface area contributed by atoms with Crippen LogP contribution in [-0.4, -0.2) is 9.84 Å². The standard InChI is InChI=1S/C42H26BNS2/c1-3-11-27(12-4-1)29-19-21-38-34(23-29)35-24-30(28-13-5-2-6-14-28)20-22-39(35)44(38)31-25-36-32-15-7-9-17-40(32)45-43-42(36)37(26-31)33-16-8-10-18-41(33)46-43/h1-26H. The van der Waals surface area contributed by atoms with E-state index >= 15 is 0 Å². The fourth-order valence-electron chi connectivity index (χ4n) is 7.34. The van der Waals surface area contributed by atoms with Crippen LogP contribution in [-0.2, 0) is 0 Å². The molecule has 0 aliphatic carbocycles. The lowest BCUT2D eigenvalue weighted by Crippen LogP contribution is -2.33. The number of hydrogen-bond donors (Lipinski definition) is 0. The summed E-state index contributed by atoms with van der Waals surface area (Å²) in [6.45, 7) is 0. The predicted molar refractivity (Wildman–Crippen MR) is 200 cm³/mol. The monoisotopic (exact) mass is 619 g/mol. The van der Waals surface area contributed by atoms with Gasteiger partial charge in [0.2, 0.25) is 0 Å². The van der Waals surface area contributed by atoms with Gasteiger partial charge >= 0.3 is 5.27 Å². The molecular formula is C42H26BNS2. The van der Waals surface area contributed by atoms with Crippen LogP contribution < -0.4 is 5.46 Å². The number of benzene rings is 7. The first kappa shape index (κ1) is 26.3. The van der Waals surface area contributed by atoms with E-state index in [2.05, 4.69) is 162 Å². The van der Waals surface area contributed by atoms with Crippen molar-refractivity contribution in [1.29, 1.82) is 0 Å². The Morgan fingerprint density at radius 2 is 0.848 bits per heavy atom. The zero-order valence-electron chi connectivity index (χ0n) is 24.9. The van der Waals surface area contributed by atoms with Crippen molar-refractivity contribution in [1.82, 2.24) is 4.57 Å². The van der Waals surface area contributed by atoms with E-state index in [1.54, 1.807) is 0 Å². The zero-order chi connectivity index (χ0) is 30.2. The third-order valence-electron chi connectivity index (χ3n) is 9.46. The second-order valence-corrected chi connectivity index (χ2v) is 14.6. The van der Waals surface area contributed by atoms with Crippen molar-refractivity contribution in [3.8, 4) is 50.2 Å². The Balaban J connectivity index is 1.29. The normalized spacial score (nSPS) is 13.0. The summed E-state index contributed by atoms with van der Waals surface area (Å²) in [6.07, 6.45) is 0. The Bertz CT molecular complexity index is 2320. The molecule has 0 amide bonds. The molecule has 0 saturated carbocycles. The highest BCUT2D eigenvalue weighted by molar-refractivity contribution is 8.56. The Morgan fingerprint density at radius 3 is 1.35 bits per heavy atom. The molecule has 4 heteroatoms. The lowest BCUT2D eigenvalue weighted by Gasteiger charge is -2.32. The summed E-state index contributed by atoms with van der Waals surface area (Å²) in [7, 11) is 0. The molecule has 0 N–H and O–H groups in total. The maximum atomic E-state index is 2.49. The van der Waals surface area contributed by atoms with Crippen LogP contribution in [0.4, 0.5) is 0 Å². The highest BCUT2D eigenvalue weighted by Gasteiger charge is 2.37. The first-order valence-electron chi connectivity index (χ1n) is 15.7. The van der Waals surface area contributed by atoms with Crippen molar-refractivity contribution in [3.63, 3.8) is 0 Å². The molecule has 1 aromatic heterocycles. The van der Waals surface area contributed by atoms with E-state index in [0.29, 0.717) is 5.27 Å². The van der Waals surface area contributed by atoms with Gasteiger partial charge in [0.05, 0.1) is 11.0 Å². The Kier molecular flexibility index (Phi) is 5.91. The van der Waals surface area contributed by atoms with Gasteiger partial charge in [0.15, 0.2) is 0 Å². The predicted octanol–water partition coefficient (Wildman–Crippen LogP) is 11.4. The van der Waals surface area contributed by atoms with Crippen molar-refractivity contribution in [2.24, 2.45) is 0 Å². The number of rotatable bonds is 3. The van der Waals surface area contributed by atoms with Gasteiger partial charge < -0.3 is 4.57 Å². The molecular weight excluding hydrogens is 593 g/mol. The SMILES string of the molecule is c1ccc(-c2ccc3c(c2)c2cc(-c4ccccc4)ccc2n3-c2cc3c4c(c2)-c2ccccc2SB4Sc2ccccc2-3)cc1. The van der Waals surface area contributed by atoms with Crippen LogP contribution in [0.5, 0.6) is 0 Å². The second kappa shape index (κ2) is 10.3. The van der Waals surface area contributed by atoms with Gasteiger partial charge in [-0.3, -0.25) is 0 Å². The van der Waals surface area contributed by atoms with Gasteiger partial charge in [0.25, 0.3) is 0 Å². The van der Waals surface area contributed by atoms with E-state index in [4.69, 9.17) is 0 Å². The first-order chi connectivity index (χ1) is 22.8. The van der Waals surface area contributed by atoms with Crippen LogP contribution >= 0.6 is 23.2 Å². The Labute approximate surface area is 276 Å². The number of hydrogen-bond acceptors (Lipinski definition) is 2. The molecule has 214 valence electrons. The topological polar surface area (TPSA) is 4.93 Å². The summed E-state index contributed by atoms with van der Waals surface area (Å²) in [5, 5.41) is 2.87. The molecule has 8 aromatic rings. The smallest absolute Gasteiger partial charge is 0.309 e. The minimum atomic E-state index is 0.337. The summed E-state index contributed by atoms with van der Waals surface area (Å²) in [5.74, 6) is 0. The summed E-state index contributed by atoms with van der Waals surface area (Å²) in [6, 6.07) is 58.2. The molecule has 46 heavy (non-hydrogen) atoms. The van der Waals surface area contributed by atoms with Crippen molar-refractivity contribution in [2.75, 3.05) is 0 Å². The third-order valence-corrected chi connectivity index (χ3v) is 12.2. The molecule has 0 fully saturated rings. The minimum Gasteiger partial charge on any atom is -0.309 e. The van der Waals surface area contributed by atoms with Crippen LogP contribution in [0.2, 0.25) is 0 Å². The fraction of sp³-hybridized carbons (Fsp3) is 0. The highest BCUT2D eigenvalue weighted by Crippen LogP contribution is 2.50. The summed E-state index contributed by atoms with van der Waals surface area (Å²) in [4.78, 5) is 2.72. The van der Waals surface area contributed by atoms with Crippen LogP contribution in [0.25, 0.3) is 72.0 Å². The van der Waals surface area contributed by atoms with E-state index in [1.165, 1.54) is 87.3 Å². The largest absolute Gasteiger partial charge is 0.318 e.